The molecular weight excluding hydrogens is 582 g/mol. The normalized spacial score (nSPS) is 30.5. The number of ether oxygens (including phenoxy) is 1. The molecule has 4 aliphatic rings. The van der Waals surface area contributed by atoms with Gasteiger partial charge in [0.05, 0.1) is 11.8 Å². The molecule has 2 bridgehead atoms. The minimum Gasteiger partial charge on any atom is -0.393 e. The summed E-state index contributed by atoms with van der Waals surface area (Å²) >= 11 is 0. The van der Waals surface area contributed by atoms with E-state index in [0.717, 1.165) is 0 Å². The minimum absolute atomic E-state index is 2.90. The molecule has 3 nitrogen and oxygen atoms in total. The fraction of sp³-hybridized carbons (Fsp3) is 0.750. The zero-order valence-electron chi connectivity index (χ0n) is 16.3. The quantitative estimate of drug-likeness (QED) is 0.147. The first kappa shape index (κ1) is 29.2. The molecule has 1 heterocycles. The molecule has 2 fully saturated rings. The van der Waals surface area contributed by atoms with Crippen molar-refractivity contribution >= 4 is 11.9 Å². The van der Waals surface area contributed by atoms with E-state index in [-0.39, 0.29) is 0 Å². The summed E-state index contributed by atoms with van der Waals surface area (Å²) in [5.41, 5.74) is -23.9. The van der Waals surface area contributed by atoms with Crippen LogP contribution in [0.2, 0.25) is 0 Å². The predicted octanol–water partition coefficient (Wildman–Crippen LogP) is 6.21. The molecule has 1 saturated carbocycles. The van der Waals surface area contributed by atoms with E-state index < -0.39 is 94.6 Å². The Bertz CT molecular complexity index is 936. The molecule has 0 aromatic heterocycles. The smallest absolute Gasteiger partial charge is 0.393 e. The van der Waals surface area contributed by atoms with E-state index in [2.05, 4.69) is 4.74 Å². The summed E-state index contributed by atoms with van der Waals surface area (Å²) in [6.07, 6.45) is -46.7. The highest BCUT2D eigenvalue weighted by molar-refractivity contribution is 5.98. The van der Waals surface area contributed by atoms with Gasteiger partial charge in [-0.2, -0.15) is 79.0 Å². The molecule has 0 amide bonds. The summed E-state index contributed by atoms with van der Waals surface area (Å²) < 4.78 is 256. The minimum atomic E-state index is -8.11. The van der Waals surface area contributed by atoms with E-state index in [9.17, 15) is 88.6 Å². The zero-order valence-corrected chi connectivity index (χ0v) is 16.3. The number of hydrogen-bond donors (Lipinski definition) is 0. The summed E-state index contributed by atoms with van der Waals surface area (Å²) in [6.45, 7) is 0. The van der Waals surface area contributed by atoms with Crippen molar-refractivity contribution < 1.29 is 93.4 Å². The van der Waals surface area contributed by atoms with Gasteiger partial charge >= 0.3 is 49.0 Å². The number of alkyl halides is 18. The summed E-state index contributed by atoms with van der Waals surface area (Å²) in [5.74, 6) is -25.3. The number of fused-ring (bicyclic) bond motifs is 1. The Kier molecular flexibility index (Phi) is 5.66. The molecule has 0 aromatic rings. The molecule has 0 aromatic carbocycles. The maximum absolute atomic E-state index is 14.1. The first-order valence-electron chi connectivity index (χ1n) is 8.95. The fourth-order valence-electron chi connectivity index (χ4n) is 5.95. The van der Waals surface area contributed by atoms with Gasteiger partial charge in [-0.1, -0.05) is 0 Å². The number of esters is 2. The van der Waals surface area contributed by atoms with Crippen LogP contribution in [-0.4, -0.2) is 49.0 Å². The monoisotopic (exact) mass is 586 g/mol. The second-order valence-corrected chi connectivity index (χ2v) is 8.18. The van der Waals surface area contributed by atoms with E-state index in [1.54, 1.807) is 0 Å². The highest BCUT2D eigenvalue weighted by Crippen LogP contribution is 2.85. The molecule has 212 valence electrons. The van der Waals surface area contributed by atoms with Crippen LogP contribution < -0.4 is 0 Å². The lowest BCUT2D eigenvalue weighted by Gasteiger charge is -2.66. The summed E-state index contributed by atoms with van der Waals surface area (Å²) in [6, 6.07) is 0. The Morgan fingerprint density at radius 2 is 0.676 bits per heavy atom. The number of halogens is 18. The van der Waals surface area contributed by atoms with Crippen molar-refractivity contribution in [1.82, 2.24) is 0 Å². The van der Waals surface area contributed by atoms with E-state index >= 15 is 0 Å². The van der Waals surface area contributed by atoms with Gasteiger partial charge in [0.25, 0.3) is 0 Å². The van der Waals surface area contributed by atoms with Gasteiger partial charge in [0.1, 0.15) is 0 Å². The Balaban J connectivity index is 2.88. The number of allylic oxidation sites excluding steroid dienone is 2. The largest absolute Gasteiger partial charge is 0.413 e. The van der Waals surface area contributed by atoms with Gasteiger partial charge in [0, 0.05) is 23.0 Å². The maximum Gasteiger partial charge on any atom is 0.413 e. The highest BCUT2D eigenvalue weighted by Gasteiger charge is 3.02. The van der Waals surface area contributed by atoms with Crippen LogP contribution in [0.4, 0.5) is 79.0 Å². The molecule has 0 N–H and O–H groups in total. The van der Waals surface area contributed by atoms with Crippen molar-refractivity contribution in [2.45, 2.75) is 37.1 Å². The van der Waals surface area contributed by atoms with Crippen LogP contribution in [0, 0.1) is 34.5 Å². The van der Waals surface area contributed by atoms with Crippen molar-refractivity contribution in [3.05, 3.63) is 11.1 Å². The van der Waals surface area contributed by atoms with Crippen LogP contribution in [0.3, 0.4) is 0 Å². The number of carbonyl (C=O) groups excluding carboxylic acids is 2. The summed E-state index contributed by atoms with van der Waals surface area (Å²) in [5, 5.41) is 0. The maximum atomic E-state index is 14.1. The topological polar surface area (TPSA) is 43.4 Å². The molecule has 37 heavy (non-hydrogen) atoms. The number of carbonyl (C=O) groups is 2. The molecule has 21 heteroatoms. The second kappa shape index (κ2) is 7.17. The number of hydrogen-bond acceptors (Lipinski definition) is 3. The standard InChI is InChI=1S/C16H4F18O3/c17-11(18,19)5-3-1-2(8(36)37-7(1)35)4(6(5)12(20,21)22)10(15(29,30)31,16(32,33)34)9(3,13(23,24)25)14(26,27)28/h1-4H. The van der Waals surface area contributed by atoms with Gasteiger partial charge in [0.2, 0.25) is 0 Å². The SMILES string of the molecule is O=C1OC(=O)C2C1C1C(C(F)(F)F)=C(C(F)(F)F)C2C(C(F)(F)F)(C(F)(F)F)C1(C(F)(F)F)C(F)(F)F. The summed E-state index contributed by atoms with van der Waals surface area (Å²) in [4.78, 5) is 23.8. The van der Waals surface area contributed by atoms with E-state index in [4.69, 9.17) is 0 Å². The zero-order chi connectivity index (χ0) is 29.3. The highest BCUT2D eigenvalue weighted by atomic mass is 19.4. The van der Waals surface area contributed by atoms with E-state index in [1.807, 2.05) is 0 Å². The molecule has 1 saturated heterocycles. The van der Waals surface area contributed by atoms with Gasteiger partial charge in [-0.05, 0) is 0 Å². The third-order valence-corrected chi connectivity index (χ3v) is 6.72. The van der Waals surface area contributed by atoms with Crippen LogP contribution in [0.15, 0.2) is 11.1 Å². The molecule has 0 spiro atoms. The van der Waals surface area contributed by atoms with Crippen molar-refractivity contribution in [1.29, 1.82) is 0 Å². The van der Waals surface area contributed by atoms with Crippen LogP contribution in [0.5, 0.6) is 0 Å². The molecule has 1 aliphatic heterocycles. The van der Waals surface area contributed by atoms with Crippen LogP contribution in [-0.2, 0) is 14.3 Å². The van der Waals surface area contributed by atoms with Gasteiger partial charge in [-0.15, -0.1) is 0 Å². The van der Waals surface area contributed by atoms with Crippen LogP contribution in [0.1, 0.15) is 0 Å². The van der Waals surface area contributed by atoms with Gasteiger partial charge in [-0.3, -0.25) is 9.59 Å². The van der Waals surface area contributed by atoms with Crippen molar-refractivity contribution in [2.24, 2.45) is 34.5 Å². The van der Waals surface area contributed by atoms with E-state index in [1.165, 1.54) is 0 Å². The predicted molar refractivity (Wildman–Crippen MR) is 73.3 cm³/mol. The van der Waals surface area contributed by atoms with Crippen LogP contribution >= 0.6 is 0 Å². The Morgan fingerprint density at radius 1 is 0.459 bits per heavy atom. The lowest BCUT2D eigenvalue weighted by molar-refractivity contribution is -0.510. The Labute approximate surface area is 189 Å². The van der Waals surface area contributed by atoms with E-state index in [0.29, 0.717) is 0 Å². The van der Waals surface area contributed by atoms with Gasteiger partial charge in [0.15, 0.2) is 10.8 Å². The first-order valence-corrected chi connectivity index (χ1v) is 8.95. The molecule has 4 rings (SSSR count). The fourth-order valence-corrected chi connectivity index (χ4v) is 5.95. The molecular formula is C16H4F18O3. The van der Waals surface area contributed by atoms with Crippen LogP contribution in [0.25, 0.3) is 0 Å². The number of rotatable bonds is 0. The summed E-state index contributed by atoms with van der Waals surface area (Å²) in [7, 11) is 0. The first-order chi connectivity index (χ1) is 16.0. The Morgan fingerprint density at radius 3 is 0.838 bits per heavy atom. The lowest BCUT2D eigenvalue weighted by Crippen LogP contribution is -2.83. The average molecular weight is 586 g/mol. The molecule has 4 atom stereocenters. The second-order valence-electron chi connectivity index (χ2n) is 8.18. The third-order valence-electron chi connectivity index (χ3n) is 6.72. The van der Waals surface area contributed by atoms with Gasteiger partial charge in [-0.25, -0.2) is 0 Å². The Hall–Kier alpha value is -2.38. The van der Waals surface area contributed by atoms with Crippen molar-refractivity contribution in [3.63, 3.8) is 0 Å². The lowest BCUT2D eigenvalue weighted by atomic mass is 9.35. The molecule has 3 aliphatic carbocycles. The van der Waals surface area contributed by atoms with Crippen molar-refractivity contribution in [2.75, 3.05) is 0 Å². The molecule has 0 radical (unpaired) electrons. The van der Waals surface area contributed by atoms with Gasteiger partial charge < -0.3 is 4.74 Å². The average Bonchev–Trinajstić information content (AvgIpc) is 2.89. The van der Waals surface area contributed by atoms with Crippen molar-refractivity contribution in [3.8, 4) is 0 Å². The third kappa shape index (κ3) is 3.19. The number of cyclic esters (lactones) is 2. The molecule has 4 unspecified atom stereocenters.